The maximum absolute atomic E-state index is 12.6. The van der Waals surface area contributed by atoms with Crippen molar-refractivity contribution >= 4 is 23.2 Å². The molecule has 0 aliphatic carbocycles. The second-order valence-electron chi connectivity index (χ2n) is 7.95. The van der Waals surface area contributed by atoms with Gasteiger partial charge in [-0.1, -0.05) is 11.6 Å². The molecule has 3 rings (SSSR count). The standard InChI is InChI=1S/C19H25ClN2O13/c20-7-2-1-6(3-8(7)22(31)32)17(30)21-18-14(28)13(27)16(10(5-24)33-18)35-19-15(29)12(26)11(25)9(4-23)34-19/h1-3,9-16,18-19,23-29H,4-5H2,(H,21,30)/t9-,10-,11-,12+,13-,14-,15-,16-,18-,19-/m1/s1. The van der Waals surface area contributed by atoms with Crippen molar-refractivity contribution in [3.63, 3.8) is 0 Å². The number of hydrogen-bond acceptors (Lipinski definition) is 13. The SMILES string of the molecule is O=C(N[C@@H]1O[C@H](CO)[C@@H](O[C@H]2O[C@H](CO)[C@@H](O)[C@H](O)[C@H]2O)[C@H](O)[C@H]1O)c1ccc(Cl)c([N+](=O)[O-])c1. The highest BCUT2D eigenvalue weighted by Crippen LogP contribution is 2.29. The molecular formula is C19H25ClN2O13. The molecular weight excluding hydrogens is 500 g/mol. The van der Waals surface area contributed by atoms with Crippen molar-refractivity contribution in [2.75, 3.05) is 13.2 Å². The Hall–Kier alpha value is -2.02. The number of ether oxygens (including phenoxy) is 3. The number of nitrogens with zero attached hydrogens (tertiary/aromatic N) is 1. The number of nitrogens with one attached hydrogen (secondary N) is 1. The van der Waals surface area contributed by atoms with Gasteiger partial charge in [-0.2, -0.15) is 0 Å². The first-order valence-electron chi connectivity index (χ1n) is 10.3. The Labute approximate surface area is 202 Å². The van der Waals surface area contributed by atoms with Crippen LogP contribution >= 0.6 is 11.6 Å². The van der Waals surface area contributed by atoms with Gasteiger partial charge in [0, 0.05) is 11.6 Å². The van der Waals surface area contributed by atoms with Crippen LogP contribution in [0.1, 0.15) is 10.4 Å². The molecule has 2 heterocycles. The van der Waals surface area contributed by atoms with Gasteiger partial charge in [-0.25, -0.2) is 0 Å². The third-order valence-electron chi connectivity index (χ3n) is 5.68. The normalized spacial score (nSPS) is 37.6. The van der Waals surface area contributed by atoms with Gasteiger partial charge in [0.25, 0.3) is 11.6 Å². The van der Waals surface area contributed by atoms with E-state index in [4.69, 9.17) is 25.8 Å². The van der Waals surface area contributed by atoms with Crippen molar-refractivity contribution in [3.8, 4) is 0 Å². The van der Waals surface area contributed by atoms with E-state index >= 15 is 0 Å². The molecule has 2 saturated heterocycles. The van der Waals surface area contributed by atoms with E-state index in [2.05, 4.69) is 5.32 Å². The van der Waals surface area contributed by atoms with Crippen LogP contribution in [-0.2, 0) is 14.2 Å². The highest BCUT2D eigenvalue weighted by atomic mass is 35.5. The number of benzene rings is 1. The van der Waals surface area contributed by atoms with Gasteiger partial charge in [0.2, 0.25) is 0 Å². The van der Waals surface area contributed by atoms with Crippen LogP contribution in [0.5, 0.6) is 0 Å². The topological polar surface area (TPSA) is 242 Å². The summed E-state index contributed by atoms with van der Waals surface area (Å²) in [6, 6.07) is 3.21. The zero-order chi connectivity index (χ0) is 26.0. The van der Waals surface area contributed by atoms with Crippen LogP contribution in [0.3, 0.4) is 0 Å². The van der Waals surface area contributed by atoms with E-state index in [1.54, 1.807) is 0 Å². The maximum atomic E-state index is 12.6. The Bertz CT molecular complexity index is 919. The molecule has 1 aromatic carbocycles. The summed E-state index contributed by atoms with van der Waals surface area (Å²) in [5.41, 5.74) is -0.739. The molecule has 196 valence electrons. The molecule has 1 aromatic rings. The first-order chi connectivity index (χ1) is 16.5. The van der Waals surface area contributed by atoms with Crippen molar-refractivity contribution in [1.82, 2.24) is 5.32 Å². The average Bonchev–Trinajstić information content (AvgIpc) is 2.83. The molecule has 8 N–H and O–H groups in total. The Kier molecular flexibility index (Phi) is 8.95. The van der Waals surface area contributed by atoms with E-state index in [-0.39, 0.29) is 10.6 Å². The summed E-state index contributed by atoms with van der Waals surface area (Å²) < 4.78 is 16.1. The number of nitro groups is 1. The molecule has 2 aliphatic heterocycles. The zero-order valence-corrected chi connectivity index (χ0v) is 18.6. The van der Waals surface area contributed by atoms with Crippen LogP contribution in [0.4, 0.5) is 5.69 Å². The lowest BCUT2D eigenvalue weighted by molar-refractivity contribution is -0.384. The predicted octanol–water partition coefficient (Wildman–Crippen LogP) is -3.40. The number of halogens is 1. The minimum absolute atomic E-state index is 0.202. The molecule has 0 spiro atoms. The Balaban J connectivity index is 1.72. The highest BCUT2D eigenvalue weighted by molar-refractivity contribution is 6.32. The molecule has 10 atom stereocenters. The van der Waals surface area contributed by atoms with Gasteiger partial charge in [0.05, 0.1) is 18.1 Å². The number of nitro benzene ring substituents is 1. The quantitative estimate of drug-likeness (QED) is 0.128. The number of amides is 1. The Morgan fingerprint density at radius 1 is 1.00 bits per heavy atom. The van der Waals surface area contributed by atoms with Crippen molar-refractivity contribution in [1.29, 1.82) is 0 Å². The fourth-order valence-electron chi connectivity index (χ4n) is 3.72. The molecule has 16 heteroatoms. The second-order valence-corrected chi connectivity index (χ2v) is 8.36. The molecule has 35 heavy (non-hydrogen) atoms. The number of carbonyl (C=O) groups excluding carboxylic acids is 1. The van der Waals surface area contributed by atoms with Crippen molar-refractivity contribution < 1.29 is 59.7 Å². The molecule has 0 bridgehead atoms. The molecule has 2 aliphatic rings. The minimum Gasteiger partial charge on any atom is -0.394 e. The fourth-order valence-corrected chi connectivity index (χ4v) is 3.90. The maximum Gasteiger partial charge on any atom is 0.288 e. The highest BCUT2D eigenvalue weighted by Gasteiger charge is 2.50. The molecule has 15 nitrogen and oxygen atoms in total. The molecule has 0 aromatic heterocycles. The van der Waals surface area contributed by atoms with E-state index in [9.17, 15) is 50.7 Å². The monoisotopic (exact) mass is 524 g/mol. The number of aliphatic hydroxyl groups is 7. The van der Waals surface area contributed by atoms with Gasteiger partial charge in [0.1, 0.15) is 53.9 Å². The van der Waals surface area contributed by atoms with Gasteiger partial charge in [-0.05, 0) is 12.1 Å². The van der Waals surface area contributed by atoms with Crippen LogP contribution in [0.2, 0.25) is 5.02 Å². The van der Waals surface area contributed by atoms with Gasteiger partial charge in [-0.15, -0.1) is 0 Å². The summed E-state index contributed by atoms with van der Waals surface area (Å²) in [6.45, 7) is -1.54. The van der Waals surface area contributed by atoms with E-state index in [1.807, 2.05) is 0 Å². The number of hydrogen-bond donors (Lipinski definition) is 8. The van der Waals surface area contributed by atoms with Crippen molar-refractivity contribution in [3.05, 3.63) is 38.9 Å². The average molecular weight is 525 g/mol. The summed E-state index contributed by atoms with van der Waals surface area (Å²) in [7, 11) is 0. The lowest BCUT2D eigenvalue weighted by atomic mass is 9.96. The summed E-state index contributed by atoms with van der Waals surface area (Å²) in [4.78, 5) is 22.8. The van der Waals surface area contributed by atoms with Crippen molar-refractivity contribution in [2.45, 2.75) is 61.3 Å². The number of rotatable bonds is 7. The third-order valence-corrected chi connectivity index (χ3v) is 6.00. The molecule has 0 saturated carbocycles. The lowest BCUT2D eigenvalue weighted by Crippen LogP contribution is -2.66. The van der Waals surface area contributed by atoms with E-state index < -0.39 is 91.1 Å². The van der Waals surface area contributed by atoms with E-state index in [0.717, 1.165) is 12.1 Å². The first-order valence-corrected chi connectivity index (χ1v) is 10.7. The van der Waals surface area contributed by atoms with Crippen LogP contribution in [0, 0.1) is 10.1 Å². The van der Waals surface area contributed by atoms with Crippen LogP contribution < -0.4 is 5.32 Å². The molecule has 0 unspecified atom stereocenters. The molecule has 2 fully saturated rings. The molecule has 1 amide bonds. The van der Waals surface area contributed by atoms with Gasteiger partial charge < -0.3 is 55.3 Å². The van der Waals surface area contributed by atoms with Crippen molar-refractivity contribution in [2.24, 2.45) is 0 Å². The zero-order valence-electron chi connectivity index (χ0n) is 17.8. The second kappa shape index (κ2) is 11.4. The van der Waals surface area contributed by atoms with Gasteiger partial charge >= 0.3 is 0 Å². The minimum atomic E-state index is -1.85. The summed E-state index contributed by atoms with van der Waals surface area (Å²) in [6.07, 6.45) is -16.5. The first kappa shape index (κ1) is 27.6. The lowest BCUT2D eigenvalue weighted by Gasteiger charge is -2.46. The van der Waals surface area contributed by atoms with Crippen LogP contribution in [0.15, 0.2) is 18.2 Å². The predicted molar refractivity (Wildman–Crippen MR) is 112 cm³/mol. The van der Waals surface area contributed by atoms with Gasteiger partial charge in [0.15, 0.2) is 12.5 Å². The summed E-state index contributed by atoms with van der Waals surface area (Å²) in [5, 5.41) is 83.0. The fraction of sp³-hybridized carbons (Fsp3) is 0.632. The smallest absolute Gasteiger partial charge is 0.288 e. The largest absolute Gasteiger partial charge is 0.394 e. The Morgan fingerprint density at radius 2 is 1.66 bits per heavy atom. The van der Waals surface area contributed by atoms with E-state index in [0.29, 0.717) is 0 Å². The number of carbonyl (C=O) groups is 1. The number of aliphatic hydroxyl groups excluding tert-OH is 7. The summed E-state index contributed by atoms with van der Waals surface area (Å²) >= 11 is 5.73. The third kappa shape index (κ3) is 5.71. The van der Waals surface area contributed by atoms with Crippen LogP contribution in [0.25, 0.3) is 0 Å². The van der Waals surface area contributed by atoms with Crippen LogP contribution in [-0.4, -0.2) is 121 Å². The van der Waals surface area contributed by atoms with Gasteiger partial charge in [-0.3, -0.25) is 14.9 Å². The molecule has 0 radical (unpaired) electrons. The summed E-state index contributed by atoms with van der Waals surface area (Å²) in [5.74, 6) is -0.925. The van der Waals surface area contributed by atoms with E-state index in [1.165, 1.54) is 6.07 Å². The Morgan fingerprint density at radius 3 is 2.26 bits per heavy atom.